The molecule has 0 bridgehead atoms. The third kappa shape index (κ3) is 6.24. The molecule has 3 aromatic carbocycles. The molecule has 3 aromatic rings. The molecule has 0 aromatic heterocycles. The summed E-state index contributed by atoms with van der Waals surface area (Å²) < 4.78 is 38.3. The minimum Gasteiger partial charge on any atom is -0.497 e. The number of aryl methyl sites for hydroxylation is 1. The summed E-state index contributed by atoms with van der Waals surface area (Å²) in [6.45, 7) is 4.03. The molecule has 0 heterocycles. The van der Waals surface area contributed by atoms with E-state index in [9.17, 15) is 13.2 Å². The van der Waals surface area contributed by atoms with Gasteiger partial charge in [0.25, 0.3) is 15.9 Å². The Labute approximate surface area is 188 Å². The molecule has 0 saturated heterocycles. The summed E-state index contributed by atoms with van der Waals surface area (Å²) in [6, 6.07) is 19.8. The molecule has 1 atom stereocenters. The highest BCUT2D eigenvalue weighted by Crippen LogP contribution is 2.18. The molecule has 0 spiro atoms. The van der Waals surface area contributed by atoms with Crippen molar-refractivity contribution in [3.05, 3.63) is 83.9 Å². The Morgan fingerprint density at radius 3 is 2.09 bits per heavy atom. The maximum absolute atomic E-state index is 12.5. The summed E-state index contributed by atoms with van der Waals surface area (Å²) in [6.07, 6.45) is 0. The van der Waals surface area contributed by atoms with Gasteiger partial charge in [-0.05, 0) is 74.5 Å². The van der Waals surface area contributed by atoms with E-state index in [1.165, 1.54) is 0 Å². The van der Waals surface area contributed by atoms with E-state index < -0.39 is 10.0 Å². The molecule has 8 heteroatoms. The van der Waals surface area contributed by atoms with E-state index in [0.717, 1.165) is 11.3 Å². The molecule has 0 saturated carbocycles. The van der Waals surface area contributed by atoms with Crippen LogP contribution in [0.3, 0.4) is 0 Å². The van der Waals surface area contributed by atoms with Gasteiger partial charge < -0.3 is 14.8 Å². The molecular weight excluding hydrogens is 428 g/mol. The molecule has 32 heavy (non-hydrogen) atoms. The fraction of sp³-hybridized carbons (Fsp3) is 0.208. The summed E-state index contributed by atoms with van der Waals surface area (Å²) in [4.78, 5) is 12.7. The maximum atomic E-state index is 12.5. The Bertz CT molecular complexity index is 1140. The van der Waals surface area contributed by atoms with Crippen molar-refractivity contribution in [2.24, 2.45) is 0 Å². The third-order valence-corrected chi connectivity index (χ3v) is 6.06. The number of benzene rings is 3. The number of rotatable bonds is 9. The predicted octanol–water partition coefficient (Wildman–Crippen LogP) is 4.00. The van der Waals surface area contributed by atoms with Gasteiger partial charge in [0, 0.05) is 11.3 Å². The van der Waals surface area contributed by atoms with Crippen LogP contribution in [0, 0.1) is 6.92 Å². The standard InChI is InChI=1S/C24H26N2O5S/c1-17-4-14-23(15-5-17)32(28,29)26-20-8-6-19(7-9-20)24(27)25-18(2)16-31-22-12-10-21(30-3)11-13-22/h4-15,18,26H,16H2,1-3H3,(H,25,27)/t18-/m1/s1. The van der Waals surface area contributed by atoms with Crippen LogP contribution < -0.4 is 19.5 Å². The van der Waals surface area contributed by atoms with Crippen LogP contribution in [0.2, 0.25) is 0 Å². The topological polar surface area (TPSA) is 93.7 Å². The Morgan fingerprint density at radius 2 is 1.50 bits per heavy atom. The molecule has 0 aliphatic heterocycles. The lowest BCUT2D eigenvalue weighted by atomic mass is 10.2. The normalized spacial score (nSPS) is 12.0. The number of nitrogens with one attached hydrogen (secondary N) is 2. The Hall–Kier alpha value is -3.52. The highest BCUT2D eigenvalue weighted by atomic mass is 32.2. The summed E-state index contributed by atoms with van der Waals surface area (Å²) in [5.41, 5.74) is 1.76. The largest absolute Gasteiger partial charge is 0.497 e. The van der Waals surface area contributed by atoms with E-state index in [1.54, 1.807) is 79.9 Å². The lowest BCUT2D eigenvalue weighted by Gasteiger charge is -2.15. The number of hydrogen-bond acceptors (Lipinski definition) is 5. The smallest absolute Gasteiger partial charge is 0.261 e. The molecule has 0 aliphatic rings. The van der Waals surface area contributed by atoms with E-state index in [1.807, 2.05) is 13.8 Å². The Kier molecular flexibility index (Phi) is 7.37. The first kappa shape index (κ1) is 23.1. The van der Waals surface area contributed by atoms with Crippen molar-refractivity contribution in [3.63, 3.8) is 0 Å². The van der Waals surface area contributed by atoms with E-state index >= 15 is 0 Å². The van der Waals surface area contributed by atoms with E-state index in [4.69, 9.17) is 9.47 Å². The molecule has 1 amide bonds. The quantitative estimate of drug-likeness (QED) is 0.510. The zero-order chi connectivity index (χ0) is 23.1. The molecule has 0 radical (unpaired) electrons. The average molecular weight is 455 g/mol. The first-order chi connectivity index (χ1) is 15.3. The second-order valence-corrected chi connectivity index (χ2v) is 9.04. The van der Waals surface area contributed by atoms with Gasteiger partial charge in [0.05, 0.1) is 18.0 Å². The van der Waals surface area contributed by atoms with E-state index in [2.05, 4.69) is 10.0 Å². The number of carbonyl (C=O) groups excluding carboxylic acids is 1. The summed E-state index contributed by atoms with van der Waals surface area (Å²) in [7, 11) is -2.10. The van der Waals surface area contributed by atoms with Crippen LogP contribution in [0.15, 0.2) is 77.7 Å². The van der Waals surface area contributed by atoms with Crippen molar-refractivity contribution >= 4 is 21.6 Å². The fourth-order valence-electron chi connectivity index (χ4n) is 2.86. The van der Waals surface area contributed by atoms with Gasteiger partial charge in [-0.3, -0.25) is 9.52 Å². The molecule has 2 N–H and O–H groups in total. The zero-order valence-electron chi connectivity index (χ0n) is 18.2. The monoisotopic (exact) mass is 454 g/mol. The summed E-state index contributed by atoms with van der Waals surface area (Å²) in [5.74, 6) is 1.14. The average Bonchev–Trinajstić information content (AvgIpc) is 2.78. The van der Waals surface area contributed by atoms with Crippen LogP contribution in [0.1, 0.15) is 22.8 Å². The Morgan fingerprint density at radius 1 is 0.906 bits per heavy atom. The molecule has 0 aliphatic carbocycles. The van der Waals surface area contributed by atoms with Crippen LogP contribution >= 0.6 is 0 Å². The van der Waals surface area contributed by atoms with Gasteiger partial charge in [-0.1, -0.05) is 17.7 Å². The van der Waals surface area contributed by atoms with Crippen molar-refractivity contribution in [3.8, 4) is 11.5 Å². The third-order valence-electron chi connectivity index (χ3n) is 4.67. The van der Waals surface area contributed by atoms with Gasteiger partial charge >= 0.3 is 0 Å². The van der Waals surface area contributed by atoms with E-state index in [-0.39, 0.29) is 16.8 Å². The first-order valence-electron chi connectivity index (χ1n) is 10.0. The van der Waals surface area contributed by atoms with Crippen LogP contribution in [0.25, 0.3) is 0 Å². The number of anilines is 1. The molecule has 0 unspecified atom stereocenters. The SMILES string of the molecule is COc1ccc(OC[C@@H](C)NC(=O)c2ccc(NS(=O)(=O)c3ccc(C)cc3)cc2)cc1. The minimum atomic E-state index is -3.70. The summed E-state index contributed by atoms with van der Waals surface area (Å²) >= 11 is 0. The number of ether oxygens (including phenoxy) is 2. The molecular formula is C24H26N2O5S. The van der Waals surface area contributed by atoms with E-state index in [0.29, 0.717) is 23.6 Å². The maximum Gasteiger partial charge on any atom is 0.261 e. The van der Waals surface area contributed by atoms with Crippen molar-refractivity contribution in [2.45, 2.75) is 24.8 Å². The minimum absolute atomic E-state index is 0.176. The molecule has 0 fully saturated rings. The first-order valence-corrected chi connectivity index (χ1v) is 11.5. The lowest BCUT2D eigenvalue weighted by molar-refractivity contribution is 0.0926. The van der Waals surface area contributed by atoms with Gasteiger partial charge in [0.1, 0.15) is 18.1 Å². The van der Waals surface area contributed by atoms with Crippen LogP contribution in [0.4, 0.5) is 5.69 Å². The van der Waals surface area contributed by atoms with Gasteiger partial charge in [-0.25, -0.2) is 8.42 Å². The predicted molar refractivity (Wildman–Crippen MR) is 124 cm³/mol. The molecule has 168 valence electrons. The van der Waals surface area contributed by atoms with Gasteiger partial charge in [0.15, 0.2) is 0 Å². The highest BCUT2D eigenvalue weighted by Gasteiger charge is 2.15. The zero-order valence-corrected chi connectivity index (χ0v) is 19.0. The van der Waals surface area contributed by atoms with Gasteiger partial charge in [0.2, 0.25) is 0 Å². The van der Waals surface area contributed by atoms with Crippen molar-refractivity contribution in [1.29, 1.82) is 0 Å². The molecule has 3 rings (SSSR count). The fourth-order valence-corrected chi connectivity index (χ4v) is 3.92. The number of carbonyl (C=O) groups is 1. The van der Waals surface area contributed by atoms with Crippen molar-refractivity contribution in [2.75, 3.05) is 18.4 Å². The number of sulfonamides is 1. The summed E-state index contributed by atoms with van der Waals surface area (Å²) in [5, 5.41) is 2.86. The van der Waals surface area contributed by atoms with Gasteiger partial charge in [-0.15, -0.1) is 0 Å². The second kappa shape index (κ2) is 10.2. The number of amides is 1. The second-order valence-electron chi connectivity index (χ2n) is 7.36. The van der Waals surface area contributed by atoms with Crippen LogP contribution in [0.5, 0.6) is 11.5 Å². The van der Waals surface area contributed by atoms with Gasteiger partial charge in [-0.2, -0.15) is 0 Å². The highest BCUT2D eigenvalue weighted by molar-refractivity contribution is 7.92. The Balaban J connectivity index is 1.54. The lowest BCUT2D eigenvalue weighted by Crippen LogP contribution is -2.36. The number of hydrogen-bond donors (Lipinski definition) is 2. The number of methoxy groups -OCH3 is 1. The van der Waals surface area contributed by atoms with Crippen molar-refractivity contribution in [1.82, 2.24) is 5.32 Å². The molecule has 7 nitrogen and oxygen atoms in total. The van der Waals surface area contributed by atoms with Crippen molar-refractivity contribution < 1.29 is 22.7 Å². The van der Waals surface area contributed by atoms with Crippen LogP contribution in [-0.2, 0) is 10.0 Å². The van der Waals surface area contributed by atoms with Crippen LogP contribution in [-0.4, -0.2) is 34.1 Å².